The van der Waals surface area contributed by atoms with Gasteiger partial charge in [0.05, 0.1) is 21.8 Å². The summed E-state index contributed by atoms with van der Waals surface area (Å²) in [6, 6.07) is 32.3. The van der Waals surface area contributed by atoms with Crippen molar-refractivity contribution in [2.75, 3.05) is 9.62 Å². The zero-order valence-corrected chi connectivity index (χ0v) is 18.9. The summed E-state index contributed by atoms with van der Waals surface area (Å²) < 4.78 is 2.50. The van der Waals surface area contributed by atoms with Crippen LogP contribution in [0, 0.1) is 0 Å². The molecule has 6 heteroatoms. The first-order chi connectivity index (χ1) is 16.9. The van der Waals surface area contributed by atoms with Crippen molar-refractivity contribution in [2.24, 2.45) is 0 Å². The lowest BCUT2D eigenvalue weighted by molar-refractivity contribution is 1.26. The number of nitrogens with zero attached hydrogens (tertiary/aromatic N) is 4. The third kappa shape index (κ3) is 2.28. The fourth-order valence-electron chi connectivity index (χ4n) is 5.56. The number of aromatic nitrogens is 2. The minimum Gasteiger partial charge on any atom is -0.359 e. The van der Waals surface area contributed by atoms with Crippen LogP contribution >= 0.6 is 11.3 Å². The molecule has 0 saturated heterocycles. The minimum atomic E-state index is -0.0562. The highest BCUT2D eigenvalue weighted by Gasteiger charge is 2.49. The molecule has 2 aliphatic heterocycles. The second kappa shape index (κ2) is 6.68. The summed E-state index contributed by atoms with van der Waals surface area (Å²) in [7, 11) is 0. The fraction of sp³-hybridized carbons (Fsp3) is 0. The van der Waals surface area contributed by atoms with Gasteiger partial charge in [0, 0.05) is 39.1 Å². The summed E-state index contributed by atoms with van der Waals surface area (Å²) in [5, 5.41) is 2.54. The first-order valence-corrected chi connectivity index (χ1v) is 12.2. The zero-order valence-electron chi connectivity index (χ0n) is 18.1. The van der Waals surface area contributed by atoms with Crippen molar-refractivity contribution in [2.45, 2.75) is 0 Å². The first kappa shape index (κ1) is 18.3. The highest BCUT2D eigenvalue weighted by molar-refractivity contribution is 7.26. The molecule has 8 rings (SSSR count). The van der Waals surface area contributed by atoms with Crippen LogP contribution in [0.4, 0.5) is 22.9 Å². The van der Waals surface area contributed by atoms with Gasteiger partial charge in [-0.1, -0.05) is 54.6 Å². The maximum Gasteiger partial charge on any atom is 0.424 e. The largest absolute Gasteiger partial charge is 0.424 e. The lowest BCUT2D eigenvalue weighted by atomic mass is 9.61. The summed E-state index contributed by atoms with van der Waals surface area (Å²) >= 11 is 1.82. The van der Waals surface area contributed by atoms with E-state index in [4.69, 9.17) is 9.97 Å². The number of benzene rings is 3. The molecule has 0 aliphatic carbocycles. The van der Waals surface area contributed by atoms with Crippen LogP contribution in [0.1, 0.15) is 0 Å². The normalized spacial score (nSPS) is 13.7. The number of anilines is 4. The van der Waals surface area contributed by atoms with Crippen LogP contribution in [-0.4, -0.2) is 17.0 Å². The average Bonchev–Trinajstić information content (AvgIpc) is 3.45. The monoisotopic (exact) mass is 452 g/mol. The van der Waals surface area contributed by atoms with Crippen LogP contribution < -0.4 is 15.1 Å². The predicted molar refractivity (Wildman–Crippen MR) is 143 cm³/mol. The van der Waals surface area contributed by atoms with Gasteiger partial charge in [0.2, 0.25) is 0 Å². The van der Waals surface area contributed by atoms with Crippen molar-refractivity contribution >= 4 is 66.8 Å². The van der Waals surface area contributed by atoms with Gasteiger partial charge in [0.15, 0.2) is 0 Å². The molecule has 3 aromatic heterocycles. The molecular formula is C28H17BN4S. The van der Waals surface area contributed by atoms with Gasteiger partial charge in [-0.3, -0.25) is 4.98 Å². The quantitative estimate of drug-likeness (QED) is 0.266. The van der Waals surface area contributed by atoms with E-state index < -0.39 is 0 Å². The number of para-hydroxylation sites is 3. The van der Waals surface area contributed by atoms with E-state index in [0.29, 0.717) is 0 Å². The fourth-order valence-corrected chi connectivity index (χ4v) is 6.75. The molecule has 6 aromatic rings. The summed E-state index contributed by atoms with van der Waals surface area (Å²) in [5.74, 6) is 0.993. The minimum absolute atomic E-state index is 0.0562. The molecule has 0 radical (unpaired) electrons. The predicted octanol–water partition coefficient (Wildman–Crippen LogP) is 6.51. The van der Waals surface area contributed by atoms with Gasteiger partial charge in [-0.15, -0.1) is 11.3 Å². The Morgan fingerprint density at radius 1 is 0.618 bits per heavy atom. The number of rotatable bonds is 1. The van der Waals surface area contributed by atoms with Crippen LogP contribution in [0.25, 0.3) is 31.4 Å². The van der Waals surface area contributed by atoms with Crippen LogP contribution in [0.2, 0.25) is 0 Å². The van der Waals surface area contributed by atoms with E-state index in [9.17, 15) is 0 Å². The maximum absolute atomic E-state index is 4.99. The zero-order chi connectivity index (χ0) is 22.2. The Hall–Kier alpha value is -4.16. The second-order valence-corrected chi connectivity index (χ2v) is 9.72. The second-order valence-electron chi connectivity index (χ2n) is 8.67. The van der Waals surface area contributed by atoms with Gasteiger partial charge >= 0.3 is 6.98 Å². The van der Waals surface area contributed by atoms with E-state index in [1.54, 1.807) is 0 Å². The Bertz CT molecular complexity index is 1760. The van der Waals surface area contributed by atoms with E-state index >= 15 is 0 Å². The number of hydrogen-bond acceptors (Lipinski definition) is 5. The highest BCUT2D eigenvalue weighted by Crippen LogP contribution is 2.51. The van der Waals surface area contributed by atoms with Crippen molar-refractivity contribution < 1.29 is 0 Å². The maximum atomic E-state index is 4.99. The molecule has 2 aliphatic rings. The summed E-state index contributed by atoms with van der Waals surface area (Å²) in [6.45, 7) is -0.0562. The van der Waals surface area contributed by atoms with Gasteiger partial charge in [-0.2, -0.15) is 0 Å². The van der Waals surface area contributed by atoms with E-state index in [0.717, 1.165) is 17.2 Å². The molecule has 3 aromatic carbocycles. The molecule has 0 saturated carbocycles. The first-order valence-electron chi connectivity index (χ1n) is 11.4. The van der Waals surface area contributed by atoms with Crippen LogP contribution in [0.5, 0.6) is 0 Å². The number of fused-ring (bicyclic) bond motifs is 11. The lowest BCUT2D eigenvalue weighted by Gasteiger charge is -2.35. The van der Waals surface area contributed by atoms with E-state index in [2.05, 4.69) is 94.6 Å². The molecule has 0 fully saturated rings. The molecular weight excluding hydrogens is 435 g/mol. The van der Waals surface area contributed by atoms with Crippen molar-refractivity contribution in [1.82, 2.24) is 9.97 Å². The molecule has 0 amide bonds. The molecule has 0 N–H and O–H groups in total. The number of thiophene rings is 1. The molecule has 34 heavy (non-hydrogen) atoms. The smallest absolute Gasteiger partial charge is 0.359 e. The Morgan fingerprint density at radius 2 is 1.38 bits per heavy atom. The van der Waals surface area contributed by atoms with E-state index in [1.165, 1.54) is 42.6 Å². The highest BCUT2D eigenvalue weighted by atomic mass is 32.1. The summed E-state index contributed by atoms with van der Waals surface area (Å²) in [4.78, 5) is 14.7. The summed E-state index contributed by atoms with van der Waals surface area (Å²) in [5.41, 5.74) is 6.93. The van der Waals surface area contributed by atoms with Crippen molar-refractivity contribution in [1.29, 1.82) is 0 Å². The molecule has 0 unspecified atom stereocenters. The molecule has 0 spiro atoms. The van der Waals surface area contributed by atoms with Gasteiger partial charge in [0.1, 0.15) is 5.82 Å². The standard InChI is InChI=1S/C28H17BN4S/c1-3-11-22-20(9-1)26-21(10-7-16-30-26)29-32(22)23-12-4-5-13-24(23)33(29)28-27-19(15-17-31-28)18-8-2-6-14-25(18)34-27/h1-17H. The molecule has 4 nitrogen and oxygen atoms in total. The molecule has 158 valence electrons. The van der Waals surface area contributed by atoms with Gasteiger partial charge in [-0.25, -0.2) is 4.98 Å². The number of pyridine rings is 2. The summed E-state index contributed by atoms with van der Waals surface area (Å²) in [6.07, 6.45) is 3.84. The third-order valence-corrected chi connectivity index (χ3v) is 8.11. The van der Waals surface area contributed by atoms with Crippen molar-refractivity contribution in [3.05, 3.63) is 103 Å². The van der Waals surface area contributed by atoms with Gasteiger partial charge < -0.3 is 9.62 Å². The van der Waals surface area contributed by atoms with Crippen LogP contribution in [-0.2, 0) is 0 Å². The molecule has 0 bridgehead atoms. The third-order valence-electron chi connectivity index (χ3n) is 6.93. The number of hydrogen-bond donors (Lipinski definition) is 0. The van der Waals surface area contributed by atoms with Gasteiger partial charge in [0.25, 0.3) is 0 Å². The van der Waals surface area contributed by atoms with E-state index in [1.807, 2.05) is 29.8 Å². The van der Waals surface area contributed by atoms with Crippen molar-refractivity contribution in [3.8, 4) is 11.3 Å². The SMILES string of the molecule is c1cnc2c(c1)B1N(c3ccccc3-2)c2ccccc2N1c1nccc2c1sc1ccccc12. The Kier molecular flexibility index (Phi) is 3.60. The van der Waals surface area contributed by atoms with E-state index in [-0.39, 0.29) is 6.98 Å². The van der Waals surface area contributed by atoms with Crippen molar-refractivity contribution in [3.63, 3.8) is 0 Å². The average molecular weight is 452 g/mol. The lowest BCUT2D eigenvalue weighted by Crippen LogP contribution is -2.56. The van der Waals surface area contributed by atoms with Gasteiger partial charge in [-0.05, 0) is 41.9 Å². The topological polar surface area (TPSA) is 32.3 Å². The Labute approximate surface area is 200 Å². The van der Waals surface area contributed by atoms with Crippen LogP contribution in [0.15, 0.2) is 103 Å². The van der Waals surface area contributed by atoms with Crippen LogP contribution in [0.3, 0.4) is 0 Å². The molecule has 5 heterocycles. The molecule has 0 atom stereocenters. The Balaban J connectivity index is 1.47. The Morgan fingerprint density at radius 3 is 2.29 bits per heavy atom.